The molecule has 1 rings (SSSR count). The van der Waals surface area contributed by atoms with Gasteiger partial charge in [-0.1, -0.05) is 12.2 Å². The van der Waals surface area contributed by atoms with E-state index in [9.17, 15) is 8.42 Å². The molecule has 0 saturated carbocycles. The second-order valence-corrected chi connectivity index (χ2v) is 5.65. The van der Waals surface area contributed by atoms with Gasteiger partial charge in [0.1, 0.15) is 5.75 Å². The molecular weight excluding hydrogens is 250 g/mol. The predicted octanol–water partition coefficient (Wildman–Crippen LogP) is 2.25. The molecule has 0 fully saturated rings. The molecule has 0 radical (unpaired) electrons. The molecule has 0 aliphatic rings. The molecule has 0 saturated heterocycles. The van der Waals surface area contributed by atoms with E-state index in [1.54, 1.807) is 25.3 Å². The maximum absolute atomic E-state index is 12.0. The zero-order valence-electron chi connectivity index (χ0n) is 10.9. The van der Waals surface area contributed by atoms with Gasteiger partial charge < -0.3 is 4.74 Å². The van der Waals surface area contributed by atoms with Crippen LogP contribution in [0.25, 0.3) is 0 Å². The van der Waals surface area contributed by atoms with Gasteiger partial charge in [0.25, 0.3) is 0 Å². The number of sulfonamides is 1. The van der Waals surface area contributed by atoms with Gasteiger partial charge in [-0.25, -0.2) is 13.1 Å². The Kier molecular flexibility index (Phi) is 5.37. The fraction of sp³-hybridized carbons (Fsp3) is 0.385. The number of allylic oxidation sites excluding steroid dienone is 1. The van der Waals surface area contributed by atoms with Crippen LogP contribution in [0.5, 0.6) is 5.75 Å². The van der Waals surface area contributed by atoms with E-state index in [-0.39, 0.29) is 4.90 Å². The quantitative estimate of drug-likeness (QED) is 0.636. The van der Waals surface area contributed by atoms with E-state index in [4.69, 9.17) is 4.74 Å². The summed E-state index contributed by atoms with van der Waals surface area (Å²) < 4.78 is 31.6. The number of methoxy groups -OCH3 is 1. The Morgan fingerprint density at radius 1 is 1.39 bits per heavy atom. The molecule has 1 N–H and O–H groups in total. The van der Waals surface area contributed by atoms with Crippen molar-refractivity contribution in [1.29, 1.82) is 0 Å². The third-order valence-corrected chi connectivity index (χ3v) is 3.97. The second-order valence-electron chi connectivity index (χ2n) is 3.89. The van der Waals surface area contributed by atoms with Gasteiger partial charge in [-0.05, 0) is 44.0 Å². The Morgan fingerprint density at radius 2 is 2.11 bits per heavy atom. The molecule has 1 aromatic rings. The maximum atomic E-state index is 12.0. The highest BCUT2D eigenvalue weighted by Gasteiger charge is 2.14. The van der Waals surface area contributed by atoms with Crippen molar-refractivity contribution in [3.63, 3.8) is 0 Å². The lowest BCUT2D eigenvalue weighted by molar-refractivity contribution is 0.411. The van der Waals surface area contributed by atoms with E-state index in [1.807, 2.05) is 26.0 Å². The van der Waals surface area contributed by atoms with Crippen LogP contribution in [-0.2, 0) is 10.0 Å². The lowest BCUT2D eigenvalue weighted by Gasteiger charge is -2.09. The first-order valence-electron chi connectivity index (χ1n) is 5.76. The van der Waals surface area contributed by atoms with Crippen LogP contribution in [0.15, 0.2) is 35.2 Å². The third-order valence-electron chi connectivity index (χ3n) is 2.52. The van der Waals surface area contributed by atoms with Gasteiger partial charge in [0.2, 0.25) is 10.0 Å². The molecule has 18 heavy (non-hydrogen) atoms. The molecule has 0 atom stereocenters. The fourth-order valence-corrected chi connectivity index (χ4v) is 2.68. The summed E-state index contributed by atoms with van der Waals surface area (Å²) >= 11 is 0. The SMILES string of the molecule is C/C=C/CCNS(=O)(=O)c1ccc(OC)c(C)c1. The first kappa shape index (κ1) is 14.7. The summed E-state index contributed by atoms with van der Waals surface area (Å²) in [5, 5.41) is 0. The van der Waals surface area contributed by atoms with E-state index < -0.39 is 10.0 Å². The first-order chi connectivity index (χ1) is 8.51. The standard InChI is InChI=1S/C13H19NO3S/c1-4-5-6-9-14-18(15,16)12-7-8-13(17-3)11(2)10-12/h4-5,7-8,10,14H,6,9H2,1-3H3/b5-4+. The Labute approximate surface area is 109 Å². The van der Waals surface area contributed by atoms with Gasteiger partial charge in [0, 0.05) is 6.54 Å². The lowest BCUT2D eigenvalue weighted by Crippen LogP contribution is -2.24. The van der Waals surface area contributed by atoms with Crippen LogP contribution in [0.3, 0.4) is 0 Å². The molecule has 5 heteroatoms. The van der Waals surface area contributed by atoms with E-state index in [2.05, 4.69) is 4.72 Å². The number of hydrogen-bond acceptors (Lipinski definition) is 3. The minimum atomic E-state index is -3.43. The van der Waals surface area contributed by atoms with Gasteiger partial charge >= 0.3 is 0 Å². The first-order valence-corrected chi connectivity index (χ1v) is 7.25. The van der Waals surface area contributed by atoms with Crippen LogP contribution < -0.4 is 9.46 Å². The van der Waals surface area contributed by atoms with Crippen molar-refractivity contribution in [3.05, 3.63) is 35.9 Å². The second kappa shape index (κ2) is 6.56. The van der Waals surface area contributed by atoms with Crippen LogP contribution in [0.1, 0.15) is 18.9 Å². The van der Waals surface area contributed by atoms with Crippen LogP contribution >= 0.6 is 0 Å². The summed E-state index contributed by atoms with van der Waals surface area (Å²) in [6.45, 7) is 4.12. The van der Waals surface area contributed by atoms with Crippen molar-refractivity contribution in [1.82, 2.24) is 4.72 Å². The minimum absolute atomic E-state index is 0.265. The summed E-state index contributed by atoms with van der Waals surface area (Å²) in [6, 6.07) is 4.82. The largest absolute Gasteiger partial charge is 0.496 e. The lowest BCUT2D eigenvalue weighted by atomic mass is 10.2. The van der Waals surface area contributed by atoms with Gasteiger partial charge in [0.15, 0.2) is 0 Å². The smallest absolute Gasteiger partial charge is 0.240 e. The number of rotatable bonds is 6. The molecule has 0 bridgehead atoms. The van der Waals surface area contributed by atoms with E-state index in [1.165, 1.54) is 0 Å². The Bertz CT molecular complexity index is 521. The molecule has 0 unspecified atom stereocenters. The molecule has 4 nitrogen and oxygen atoms in total. The monoisotopic (exact) mass is 269 g/mol. The summed E-state index contributed by atoms with van der Waals surface area (Å²) in [7, 11) is -1.87. The molecule has 0 aliphatic heterocycles. The van der Waals surface area contributed by atoms with Crippen LogP contribution in [0, 0.1) is 6.92 Å². The van der Waals surface area contributed by atoms with Crippen molar-refractivity contribution >= 4 is 10.0 Å². The summed E-state index contributed by atoms with van der Waals surface area (Å²) in [6.07, 6.45) is 4.50. The van der Waals surface area contributed by atoms with Gasteiger partial charge in [-0.15, -0.1) is 0 Å². The van der Waals surface area contributed by atoms with Crippen molar-refractivity contribution in [2.75, 3.05) is 13.7 Å². The molecule has 0 spiro atoms. The number of nitrogens with one attached hydrogen (secondary N) is 1. The number of benzene rings is 1. The molecular formula is C13H19NO3S. The van der Waals surface area contributed by atoms with Gasteiger partial charge in [0.05, 0.1) is 12.0 Å². The van der Waals surface area contributed by atoms with Gasteiger partial charge in [-0.2, -0.15) is 0 Å². The highest BCUT2D eigenvalue weighted by atomic mass is 32.2. The Morgan fingerprint density at radius 3 is 2.67 bits per heavy atom. The highest BCUT2D eigenvalue weighted by molar-refractivity contribution is 7.89. The number of ether oxygens (including phenoxy) is 1. The molecule has 100 valence electrons. The maximum Gasteiger partial charge on any atom is 0.240 e. The van der Waals surface area contributed by atoms with Crippen LogP contribution in [0.2, 0.25) is 0 Å². The molecule has 0 amide bonds. The van der Waals surface area contributed by atoms with Crippen molar-refractivity contribution < 1.29 is 13.2 Å². The van der Waals surface area contributed by atoms with Crippen molar-refractivity contribution in [2.24, 2.45) is 0 Å². The van der Waals surface area contributed by atoms with Crippen LogP contribution in [-0.4, -0.2) is 22.1 Å². The molecule has 1 aromatic carbocycles. The van der Waals surface area contributed by atoms with Crippen molar-refractivity contribution in [3.8, 4) is 5.75 Å². The highest BCUT2D eigenvalue weighted by Crippen LogP contribution is 2.21. The van der Waals surface area contributed by atoms with Gasteiger partial charge in [-0.3, -0.25) is 0 Å². The number of aryl methyl sites for hydroxylation is 1. The van der Waals surface area contributed by atoms with E-state index in [0.29, 0.717) is 18.7 Å². The predicted molar refractivity (Wildman–Crippen MR) is 72.4 cm³/mol. The fourth-order valence-electron chi connectivity index (χ4n) is 1.54. The summed E-state index contributed by atoms with van der Waals surface area (Å²) in [5.74, 6) is 0.683. The zero-order chi connectivity index (χ0) is 13.6. The Hall–Kier alpha value is -1.33. The minimum Gasteiger partial charge on any atom is -0.496 e. The summed E-state index contributed by atoms with van der Waals surface area (Å²) in [5.41, 5.74) is 0.800. The third kappa shape index (κ3) is 3.85. The molecule has 0 aliphatic carbocycles. The van der Waals surface area contributed by atoms with E-state index in [0.717, 1.165) is 5.56 Å². The Balaban J connectivity index is 2.82. The summed E-state index contributed by atoms with van der Waals surface area (Å²) in [4.78, 5) is 0.265. The number of hydrogen-bond donors (Lipinski definition) is 1. The van der Waals surface area contributed by atoms with Crippen LogP contribution in [0.4, 0.5) is 0 Å². The molecule has 0 aromatic heterocycles. The van der Waals surface area contributed by atoms with Crippen molar-refractivity contribution in [2.45, 2.75) is 25.2 Å². The molecule has 0 heterocycles. The zero-order valence-corrected chi connectivity index (χ0v) is 11.8. The topological polar surface area (TPSA) is 55.4 Å². The average Bonchev–Trinajstić information content (AvgIpc) is 2.34. The van der Waals surface area contributed by atoms with E-state index >= 15 is 0 Å². The normalized spacial score (nSPS) is 11.9. The average molecular weight is 269 g/mol.